The monoisotopic (exact) mass is 333 g/mol. The van der Waals surface area contributed by atoms with Gasteiger partial charge in [-0.1, -0.05) is 26.0 Å². The maximum absolute atomic E-state index is 12.3. The Hall–Kier alpha value is -2.08. The second-order valence-electron chi connectivity index (χ2n) is 6.89. The highest BCUT2D eigenvalue weighted by molar-refractivity contribution is 5.77. The lowest BCUT2D eigenvalue weighted by molar-refractivity contribution is -0.122. The molecule has 0 aliphatic carbocycles. The standard InChI is InChI=1S/C18H27N3O3/c1-13(2)11-14(12-20(3)4)19-17(22)9-10-21-15-7-5-6-8-16(15)24-18(21)23/h5-8,13-14H,9-12H2,1-4H3,(H,19,22). The number of amides is 1. The molecule has 1 aromatic heterocycles. The third-order valence-corrected chi connectivity index (χ3v) is 3.84. The largest absolute Gasteiger partial charge is 0.419 e. The maximum atomic E-state index is 12.3. The number of oxazole rings is 1. The normalized spacial score (nSPS) is 12.9. The van der Waals surface area contributed by atoms with Gasteiger partial charge in [-0.3, -0.25) is 9.36 Å². The quantitative estimate of drug-likeness (QED) is 0.803. The van der Waals surface area contributed by atoms with Crippen LogP contribution in [0.2, 0.25) is 0 Å². The van der Waals surface area contributed by atoms with Crippen molar-refractivity contribution in [3.05, 3.63) is 34.8 Å². The molecule has 0 saturated carbocycles. The molecular weight excluding hydrogens is 306 g/mol. The Morgan fingerprint density at radius 3 is 2.67 bits per heavy atom. The van der Waals surface area contributed by atoms with Crippen LogP contribution in [0.3, 0.4) is 0 Å². The second-order valence-corrected chi connectivity index (χ2v) is 6.89. The van der Waals surface area contributed by atoms with Gasteiger partial charge in [0.25, 0.3) is 0 Å². The summed E-state index contributed by atoms with van der Waals surface area (Å²) in [4.78, 5) is 26.3. The number of rotatable bonds is 8. The fourth-order valence-electron chi connectivity index (χ4n) is 2.93. The summed E-state index contributed by atoms with van der Waals surface area (Å²) >= 11 is 0. The van der Waals surface area contributed by atoms with Crippen LogP contribution in [-0.2, 0) is 11.3 Å². The van der Waals surface area contributed by atoms with Crippen molar-refractivity contribution in [3.8, 4) is 0 Å². The molecule has 2 aromatic rings. The van der Waals surface area contributed by atoms with E-state index in [0.717, 1.165) is 18.5 Å². The van der Waals surface area contributed by atoms with Crippen LogP contribution in [0.15, 0.2) is 33.5 Å². The van der Waals surface area contributed by atoms with Gasteiger partial charge in [-0.15, -0.1) is 0 Å². The van der Waals surface area contributed by atoms with E-state index < -0.39 is 5.76 Å². The summed E-state index contributed by atoms with van der Waals surface area (Å²) in [5.74, 6) is 0.0476. The predicted octanol–water partition coefficient (Wildman–Crippen LogP) is 2.08. The number of hydrogen-bond donors (Lipinski definition) is 1. The molecule has 1 amide bonds. The molecule has 0 radical (unpaired) electrons. The minimum Gasteiger partial charge on any atom is -0.408 e. The van der Waals surface area contributed by atoms with E-state index in [0.29, 0.717) is 18.0 Å². The Kier molecular flexibility index (Phi) is 6.20. The Morgan fingerprint density at radius 2 is 2.00 bits per heavy atom. The number of carbonyl (C=O) groups excluding carboxylic acids is 1. The van der Waals surface area contributed by atoms with Crippen molar-refractivity contribution in [3.63, 3.8) is 0 Å². The van der Waals surface area contributed by atoms with Gasteiger partial charge in [-0.25, -0.2) is 4.79 Å². The highest BCUT2D eigenvalue weighted by atomic mass is 16.4. The van der Waals surface area contributed by atoms with Gasteiger partial charge >= 0.3 is 5.76 Å². The molecule has 0 fully saturated rings. The van der Waals surface area contributed by atoms with Crippen LogP contribution >= 0.6 is 0 Å². The van der Waals surface area contributed by atoms with Gasteiger partial charge in [0.2, 0.25) is 5.91 Å². The molecule has 1 aromatic carbocycles. The highest BCUT2D eigenvalue weighted by Gasteiger charge is 2.16. The fourth-order valence-corrected chi connectivity index (χ4v) is 2.93. The summed E-state index contributed by atoms with van der Waals surface area (Å²) < 4.78 is 6.70. The average molecular weight is 333 g/mol. The zero-order valence-electron chi connectivity index (χ0n) is 14.9. The fraction of sp³-hybridized carbons (Fsp3) is 0.556. The Bertz CT molecular complexity index is 720. The van der Waals surface area contributed by atoms with Gasteiger partial charge in [0.1, 0.15) is 0 Å². The van der Waals surface area contributed by atoms with E-state index >= 15 is 0 Å². The van der Waals surface area contributed by atoms with Crippen molar-refractivity contribution in [1.82, 2.24) is 14.8 Å². The molecule has 1 atom stereocenters. The molecule has 132 valence electrons. The van der Waals surface area contributed by atoms with Gasteiger partial charge < -0.3 is 14.6 Å². The number of benzene rings is 1. The smallest absolute Gasteiger partial charge is 0.408 e. The molecule has 0 spiro atoms. The average Bonchev–Trinajstić information content (AvgIpc) is 2.79. The molecule has 6 heteroatoms. The van der Waals surface area contributed by atoms with E-state index in [-0.39, 0.29) is 18.4 Å². The molecule has 1 heterocycles. The van der Waals surface area contributed by atoms with E-state index in [4.69, 9.17) is 4.42 Å². The molecule has 0 aliphatic rings. The number of fused-ring (bicyclic) bond motifs is 1. The molecule has 2 rings (SSSR count). The number of nitrogens with zero attached hydrogens (tertiary/aromatic N) is 2. The summed E-state index contributed by atoms with van der Waals surface area (Å²) in [6.07, 6.45) is 1.18. The van der Waals surface area contributed by atoms with E-state index in [1.165, 1.54) is 4.57 Å². The third kappa shape index (κ3) is 4.96. The molecule has 1 N–H and O–H groups in total. The number of hydrogen-bond acceptors (Lipinski definition) is 4. The number of aryl methyl sites for hydroxylation is 1. The van der Waals surface area contributed by atoms with Gasteiger partial charge in [-0.05, 0) is 38.6 Å². The van der Waals surface area contributed by atoms with Crippen LogP contribution in [0, 0.1) is 5.92 Å². The lowest BCUT2D eigenvalue weighted by atomic mass is 10.0. The topological polar surface area (TPSA) is 67.5 Å². The summed E-state index contributed by atoms with van der Waals surface area (Å²) in [5.41, 5.74) is 1.27. The van der Waals surface area contributed by atoms with Crippen molar-refractivity contribution < 1.29 is 9.21 Å². The zero-order valence-corrected chi connectivity index (χ0v) is 14.9. The summed E-state index contributed by atoms with van der Waals surface area (Å²) in [7, 11) is 3.99. The summed E-state index contributed by atoms with van der Waals surface area (Å²) in [6, 6.07) is 7.36. The minimum absolute atomic E-state index is 0.0420. The van der Waals surface area contributed by atoms with Crippen LogP contribution < -0.4 is 11.1 Å². The van der Waals surface area contributed by atoms with E-state index in [9.17, 15) is 9.59 Å². The molecule has 6 nitrogen and oxygen atoms in total. The molecule has 0 saturated heterocycles. The minimum atomic E-state index is -0.420. The van der Waals surface area contributed by atoms with Crippen LogP contribution in [0.4, 0.5) is 0 Å². The molecule has 0 bridgehead atoms. The van der Waals surface area contributed by atoms with Gasteiger partial charge in [-0.2, -0.15) is 0 Å². The van der Waals surface area contributed by atoms with Gasteiger partial charge in [0.05, 0.1) is 5.52 Å². The van der Waals surface area contributed by atoms with Crippen molar-refractivity contribution in [2.75, 3.05) is 20.6 Å². The van der Waals surface area contributed by atoms with Gasteiger partial charge in [0, 0.05) is 25.6 Å². The van der Waals surface area contributed by atoms with Crippen molar-refractivity contribution in [2.24, 2.45) is 5.92 Å². The Morgan fingerprint density at radius 1 is 1.29 bits per heavy atom. The second kappa shape index (κ2) is 8.15. The number of para-hydroxylation sites is 2. The summed E-state index contributed by atoms with van der Waals surface area (Å²) in [6.45, 7) is 5.41. The van der Waals surface area contributed by atoms with Crippen molar-refractivity contribution >= 4 is 17.0 Å². The van der Waals surface area contributed by atoms with E-state index in [1.807, 2.05) is 32.3 Å². The zero-order chi connectivity index (χ0) is 17.7. The summed E-state index contributed by atoms with van der Waals surface area (Å²) in [5, 5.41) is 3.08. The Labute approximate surface area is 142 Å². The number of aromatic nitrogens is 1. The molecule has 0 aliphatic heterocycles. The van der Waals surface area contributed by atoms with Crippen molar-refractivity contribution in [2.45, 2.75) is 39.3 Å². The lowest BCUT2D eigenvalue weighted by Gasteiger charge is -2.24. The first-order valence-electron chi connectivity index (χ1n) is 8.39. The Balaban J connectivity index is 1.98. The molecule has 24 heavy (non-hydrogen) atoms. The molecular formula is C18H27N3O3. The van der Waals surface area contributed by atoms with Crippen molar-refractivity contribution in [1.29, 1.82) is 0 Å². The third-order valence-electron chi connectivity index (χ3n) is 3.84. The van der Waals surface area contributed by atoms with Gasteiger partial charge in [0.15, 0.2) is 5.58 Å². The number of nitrogens with one attached hydrogen (secondary N) is 1. The van der Waals surface area contributed by atoms with E-state index in [1.54, 1.807) is 6.07 Å². The SMILES string of the molecule is CC(C)CC(CN(C)C)NC(=O)CCn1c(=O)oc2ccccc21. The lowest BCUT2D eigenvalue weighted by Crippen LogP contribution is -2.42. The molecule has 1 unspecified atom stereocenters. The first-order valence-corrected chi connectivity index (χ1v) is 8.39. The maximum Gasteiger partial charge on any atom is 0.419 e. The predicted molar refractivity (Wildman–Crippen MR) is 95.0 cm³/mol. The van der Waals surface area contributed by atoms with Crippen LogP contribution in [0.1, 0.15) is 26.7 Å². The number of likely N-dealkylation sites (N-methyl/N-ethyl adjacent to an activating group) is 1. The first-order chi connectivity index (χ1) is 11.4. The van der Waals surface area contributed by atoms with E-state index in [2.05, 4.69) is 24.1 Å². The number of carbonyl (C=O) groups is 1. The van der Waals surface area contributed by atoms with Crippen LogP contribution in [-0.4, -0.2) is 42.1 Å². The van der Waals surface area contributed by atoms with Crippen LogP contribution in [0.5, 0.6) is 0 Å². The highest BCUT2D eigenvalue weighted by Crippen LogP contribution is 2.12. The van der Waals surface area contributed by atoms with Crippen LogP contribution in [0.25, 0.3) is 11.1 Å². The first kappa shape index (κ1) is 18.3.